The van der Waals surface area contributed by atoms with Crippen LogP contribution in [0.5, 0.6) is 5.75 Å². The van der Waals surface area contributed by atoms with Gasteiger partial charge in [-0.15, -0.1) is 0 Å². The van der Waals surface area contributed by atoms with Crippen molar-refractivity contribution in [2.45, 2.75) is 37.3 Å². The summed E-state index contributed by atoms with van der Waals surface area (Å²) >= 11 is 0. The maximum absolute atomic E-state index is 6.00. The number of benzene rings is 1. The highest BCUT2D eigenvalue weighted by Gasteiger charge is 2.34. The van der Waals surface area contributed by atoms with Crippen LogP contribution in [0.15, 0.2) is 24.3 Å². The summed E-state index contributed by atoms with van der Waals surface area (Å²) in [5, 5.41) is 0. The Balaban J connectivity index is 2.01. The van der Waals surface area contributed by atoms with E-state index in [0.29, 0.717) is 18.1 Å². The van der Waals surface area contributed by atoms with E-state index < -0.39 is 0 Å². The molecule has 2 bridgehead atoms. The average molecular weight is 189 g/mol. The van der Waals surface area contributed by atoms with Crippen molar-refractivity contribution in [2.24, 2.45) is 5.73 Å². The monoisotopic (exact) mass is 189 g/mol. The molecule has 1 aromatic rings. The van der Waals surface area contributed by atoms with Crippen LogP contribution in [0.1, 0.15) is 30.7 Å². The largest absolute Gasteiger partial charge is 0.490 e. The molecule has 3 atom stereocenters. The minimum Gasteiger partial charge on any atom is -0.490 e. The number of para-hydroxylation sites is 1. The normalized spacial score (nSPS) is 34.5. The fraction of sp³-hybridized carbons (Fsp3) is 0.500. The third kappa shape index (κ3) is 1.22. The number of fused-ring (bicyclic) bond motifs is 4. The molecule has 1 saturated carbocycles. The molecule has 74 valence electrons. The average Bonchev–Trinajstić information content (AvgIpc) is 2.17. The highest BCUT2D eigenvalue weighted by Crippen LogP contribution is 2.42. The summed E-state index contributed by atoms with van der Waals surface area (Å²) in [5.41, 5.74) is 7.36. The minimum absolute atomic E-state index is 0.326. The standard InChI is InChI=1S/C12H15NO/c13-9-5-8-6-10(7-9)14-12-4-2-1-3-11(8)12/h1-4,8-10H,5-7,13H2. The van der Waals surface area contributed by atoms with E-state index in [9.17, 15) is 0 Å². The molecule has 0 spiro atoms. The maximum atomic E-state index is 6.00. The molecule has 1 heterocycles. The van der Waals surface area contributed by atoms with E-state index in [0.717, 1.165) is 25.0 Å². The summed E-state index contributed by atoms with van der Waals surface area (Å²) in [6.45, 7) is 0. The highest BCUT2D eigenvalue weighted by atomic mass is 16.5. The van der Waals surface area contributed by atoms with Gasteiger partial charge >= 0.3 is 0 Å². The van der Waals surface area contributed by atoms with Crippen LogP contribution in [0, 0.1) is 0 Å². The van der Waals surface area contributed by atoms with Gasteiger partial charge in [-0.25, -0.2) is 0 Å². The van der Waals surface area contributed by atoms with Crippen LogP contribution in [0.25, 0.3) is 0 Å². The third-order valence-electron chi connectivity index (χ3n) is 3.35. The van der Waals surface area contributed by atoms with Crippen LogP contribution in [0.3, 0.4) is 0 Å². The fourth-order valence-corrected chi connectivity index (χ4v) is 2.76. The van der Waals surface area contributed by atoms with Crippen LogP contribution in [-0.2, 0) is 0 Å². The number of hydrogen-bond donors (Lipinski definition) is 1. The number of rotatable bonds is 0. The van der Waals surface area contributed by atoms with Crippen LogP contribution < -0.4 is 10.5 Å². The summed E-state index contributed by atoms with van der Waals surface area (Å²) in [6.07, 6.45) is 3.66. The Bertz CT molecular complexity index is 350. The second kappa shape index (κ2) is 2.99. The van der Waals surface area contributed by atoms with E-state index in [-0.39, 0.29) is 0 Å². The fourth-order valence-electron chi connectivity index (χ4n) is 2.76. The molecule has 1 aliphatic heterocycles. The topological polar surface area (TPSA) is 35.2 Å². The molecule has 3 unspecified atom stereocenters. The van der Waals surface area contributed by atoms with Gasteiger partial charge in [-0.2, -0.15) is 0 Å². The molecule has 0 saturated heterocycles. The van der Waals surface area contributed by atoms with Gasteiger partial charge in [0.2, 0.25) is 0 Å². The van der Waals surface area contributed by atoms with E-state index in [1.807, 2.05) is 6.07 Å². The lowest BCUT2D eigenvalue weighted by Crippen LogP contribution is -2.40. The van der Waals surface area contributed by atoms with Gasteiger partial charge in [0, 0.05) is 6.04 Å². The van der Waals surface area contributed by atoms with Crippen LogP contribution in [-0.4, -0.2) is 12.1 Å². The lowest BCUT2D eigenvalue weighted by Gasteiger charge is -2.39. The van der Waals surface area contributed by atoms with E-state index in [2.05, 4.69) is 18.2 Å². The molecular formula is C12H15NO. The Morgan fingerprint density at radius 1 is 1.14 bits per heavy atom. The summed E-state index contributed by atoms with van der Waals surface area (Å²) in [7, 11) is 0. The molecule has 3 rings (SSSR count). The van der Waals surface area contributed by atoms with Gasteiger partial charge in [-0.05, 0) is 36.8 Å². The van der Waals surface area contributed by atoms with Crippen LogP contribution >= 0.6 is 0 Å². The molecule has 0 aromatic heterocycles. The Hall–Kier alpha value is -1.02. The van der Waals surface area contributed by atoms with Gasteiger partial charge in [0.15, 0.2) is 0 Å². The second-order valence-electron chi connectivity index (χ2n) is 4.44. The van der Waals surface area contributed by atoms with Crippen molar-refractivity contribution in [1.82, 2.24) is 0 Å². The SMILES string of the molecule is NC1CC2CC(C1)c1ccccc1O2. The summed E-state index contributed by atoms with van der Waals surface area (Å²) in [6, 6.07) is 8.70. The van der Waals surface area contributed by atoms with Crippen molar-refractivity contribution >= 4 is 0 Å². The zero-order valence-electron chi connectivity index (χ0n) is 8.15. The molecule has 0 radical (unpaired) electrons. The quantitative estimate of drug-likeness (QED) is 0.678. The van der Waals surface area contributed by atoms with Crippen molar-refractivity contribution < 1.29 is 4.74 Å². The number of ether oxygens (including phenoxy) is 1. The molecule has 2 nitrogen and oxygen atoms in total. The smallest absolute Gasteiger partial charge is 0.123 e. The van der Waals surface area contributed by atoms with Crippen LogP contribution in [0.2, 0.25) is 0 Å². The summed E-state index contributed by atoms with van der Waals surface area (Å²) in [5.74, 6) is 1.72. The third-order valence-corrected chi connectivity index (χ3v) is 3.35. The first kappa shape index (κ1) is 8.30. The predicted molar refractivity (Wildman–Crippen MR) is 55.4 cm³/mol. The Morgan fingerprint density at radius 2 is 2.00 bits per heavy atom. The first-order chi connectivity index (χ1) is 6.83. The van der Waals surface area contributed by atoms with Crippen LogP contribution in [0.4, 0.5) is 0 Å². The summed E-state index contributed by atoms with van der Waals surface area (Å²) in [4.78, 5) is 0. The summed E-state index contributed by atoms with van der Waals surface area (Å²) < 4.78 is 5.89. The van der Waals surface area contributed by atoms with Gasteiger partial charge < -0.3 is 10.5 Å². The molecule has 2 N–H and O–H groups in total. The highest BCUT2D eigenvalue weighted by molar-refractivity contribution is 5.39. The second-order valence-corrected chi connectivity index (χ2v) is 4.44. The van der Waals surface area contributed by atoms with E-state index in [1.165, 1.54) is 5.56 Å². The number of nitrogens with two attached hydrogens (primary N) is 1. The van der Waals surface area contributed by atoms with Gasteiger partial charge in [-0.1, -0.05) is 18.2 Å². The van der Waals surface area contributed by atoms with E-state index in [1.54, 1.807) is 0 Å². The molecule has 1 fully saturated rings. The Labute approximate surface area is 84.1 Å². The van der Waals surface area contributed by atoms with Crippen molar-refractivity contribution in [3.63, 3.8) is 0 Å². The molecule has 1 aromatic carbocycles. The first-order valence-corrected chi connectivity index (χ1v) is 5.34. The Morgan fingerprint density at radius 3 is 2.93 bits per heavy atom. The molecular weight excluding hydrogens is 174 g/mol. The molecule has 14 heavy (non-hydrogen) atoms. The molecule has 1 aliphatic carbocycles. The van der Waals surface area contributed by atoms with E-state index in [4.69, 9.17) is 10.5 Å². The van der Waals surface area contributed by atoms with Gasteiger partial charge in [-0.3, -0.25) is 0 Å². The zero-order valence-corrected chi connectivity index (χ0v) is 8.15. The van der Waals surface area contributed by atoms with Gasteiger partial charge in [0.25, 0.3) is 0 Å². The van der Waals surface area contributed by atoms with Crippen molar-refractivity contribution in [3.8, 4) is 5.75 Å². The lowest BCUT2D eigenvalue weighted by atomic mass is 9.78. The van der Waals surface area contributed by atoms with Crippen molar-refractivity contribution in [3.05, 3.63) is 29.8 Å². The molecule has 2 aliphatic rings. The van der Waals surface area contributed by atoms with Gasteiger partial charge in [0.05, 0.1) is 0 Å². The van der Waals surface area contributed by atoms with E-state index >= 15 is 0 Å². The lowest BCUT2D eigenvalue weighted by molar-refractivity contribution is 0.109. The predicted octanol–water partition coefficient (Wildman–Crippen LogP) is 2.04. The zero-order chi connectivity index (χ0) is 9.54. The minimum atomic E-state index is 0.326. The number of hydrogen-bond acceptors (Lipinski definition) is 2. The molecule has 0 amide bonds. The first-order valence-electron chi connectivity index (χ1n) is 5.34. The maximum Gasteiger partial charge on any atom is 0.123 e. The van der Waals surface area contributed by atoms with Crippen molar-refractivity contribution in [1.29, 1.82) is 0 Å². The van der Waals surface area contributed by atoms with Crippen molar-refractivity contribution in [2.75, 3.05) is 0 Å². The molecule has 2 heteroatoms. The Kier molecular flexibility index (Phi) is 1.77. The van der Waals surface area contributed by atoms with Gasteiger partial charge in [0.1, 0.15) is 11.9 Å².